The molecule has 7 heteroatoms. The Morgan fingerprint density at radius 1 is 1.40 bits per heavy atom. The summed E-state index contributed by atoms with van der Waals surface area (Å²) in [7, 11) is 0. The number of hydrogen-bond donors (Lipinski definition) is 1. The third-order valence-corrected chi connectivity index (χ3v) is 3.35. The van der Waals surface area contributed by atoms with Gasteiger partial charge in [-0.15, -0.1) is 0 Å². The van der Waals surface area contributed by atoms with E-state index in [-0.39, 0.29) is 10.2 Å². The number of ether oxygens (including phenoxy) is 1. The number of aliphatic hydroxyl groups excluding tert-OH is 1. The molecular weight excluding hydrogens is 328 g/mol. The van der Waals surface area contributed by atoms with Crippen LogP contribution >= 0.6 is 15.9 Å². The molecule has 0 fully saturated rings. The van der Waals surface area contributed by atoms with E-state index in [1.807, 2.05) is 0 Å². The van der Waals surface area contributed by atoms with E-state index in [4.69, 9.17) is 4.74 Å². The third kappa shape index (κ3) is 3.12. The van der Waals surface area contributed by atoms with Crippen LogP contribution in [0.5, 0.6) is 11.5 Å². The van der Waals surface area contributed by atoms with Crippen LogP contribution in [0, 0.1) is 10.1 Å². The van der Waals surface area contributed by atoms with E-state index in [2.05, 4.69) is 20.9 Å². The zero-order chi connectivity index (χ0) is 14.7. The molecule has 1 heterocycles. The second-order valence-corrected chi connectivity index (χ2v) is 4.84. The summed E-state index contributed by atoms with van der Waals surface area (Å²) < 4.78 is 5.81. The van der Waals surface area contributed by atoms with Gasteiger partial charge in [-0.1, -0.05) is 6.07 Å². The Morgan fingerprint density at radius 3 is 2.70 bits per heavy atom. The number of rotatable bonds is 4. The first-order valence-corrected chi connectivity index (χ1v) is 6.53. The van der Waals surface area contributed by atoms with Gasteiger partial charge in [0.15, 0.2) is 0 Å². The van der Waals surface area contributed by atoms with Crippen molar-refractivity contribution in [2.24, 2.45) is 0 Å². The molecule has 0 bridgehead atoms. The van der Waals surface area contributed by atoms with E-state index in [1.165, 1.54) is 18.3 Å². The van der Waals surface area contributed by atoms with Crippen LogP contribution in [-0.2, 0) is 0 Å². The first-order chi connectivity index (χ1) is 9.49. The molecule has 20 heavy (non-hydrogen) atoms. The Bertz CT molecular complexity index is 629. The fraction of sp³-hybridized carbons (Fsp3) is 0.154. The van der Waals surface area contributed by atoms with Crippen LogP contribution in [0.15, 0.2) is 41.0 Å². The summed E-state index contributed by atoms with van der Waals surface area (Å²) in [6, 6.07) is 7.80. The van der Waals surface area contributed by atoms with Gasteiger partial charge in [-0.05, 0) is 41.1 Å². The van der Waals surface area contributed by atoms with E-state index in [9.17, 15) is 15.2 Å². The van der Waals surface area contributed by atoms with Gasteiger partial charge in [-0.3, -0.25) is 15.1 Å². The largest absolute Gasteiger partial charge is 0.454 e. The Labute approximate surface area is 123 Å². The number of pyridine rings is 1. The highest BCUT2D eigenvalue weighted by molar-refractivity contribution is 9.10. The highest BCUT2D eigenvalue weighted by Gasteiger charge is 2.16. The van der Waals surface area contributed by atoms with Crippen LogP contribution in [-0.4, -0.2) is 15.0 Å². The lowest BCUT2D eigenvalue weighted by Crippen LogP contribution is -1.96. The highest BCUT2D eigenvalue weighted by Crippen LogP contribution is 2.36. The van der Waals surface area contributed by atoms with E-state index >= 15 is 0 Å². The van der Waals surface area contributed by atoms with Crippen molar-refractivity contribution < 1.29 is 14.8 Å². The number of nitro benzene ring substituents is 1. The van der Waals surface area contributed by atoms with Gasteiger partial charge in [0.25, 0.3) is 5.69 Å². The van der Waals surface area contributed by atoms with Crippen molar-refractivity contribution in [1.82, 2.24) is 4.98 Å². The Hall–Kier alpha value is -1.99. The topological polar surface area (TPSA) is 85.5 Å². The van der Waals surface area contributed by atoms with Gasteiger partial charge >= 0.3 is 0 Å². The molecule has 1 N–H and O–H groups in total. The minimum absolute atomic E-state index is 0.0731. The molecule has 0 aliphatic heterocycles. The van der Waals surface area contributed by atoms with Crippen molar-refractivity contribution in [3.63, 3.8) is 0 Å². The average Bonchev–Trinajstić information content (AvgIpc) is 2.41. The number of aromatic nitrogens is 1. The van der Waals surface area contributed by atoms with E-state index in [0.717, 1.165) is 0 Å². The maximum atomic E-state index is 10.8. The molecule has 0 spiro atoms. The first kappa shape index (κ1) is 14.4. The van der Waals surface area contributed by atoms with Crippen LogP contribution in [0.4, 0.5) is 5.69 Å². The molecule has 0 saturated heterocycles. The summed E-state index contributed by atoms with van der Waals surface area (Å²) in [4.78, 5) is 14.4. The SMILES string of the molecule is C[C@H](O)c1ccc(Oc2cccc([N+](=O)[O-])c2Br)cn1. The molecule has 2 aromatic rings. The van der Waals surface area contributed by atoms with Gasteiger partial charge in [0.2, 0.25) is 0 Å². The molecule has 1 atom stereocenters. The minimum Gasteiger partial charge on any atom is -0.454 e. The van der Waals surface area contributed by atoms with Gasteiger partial charge in [-0.25, -0.2) is 0 Å². The molecule has 0 aliphatic carbocycles. The van der Waals surface area contributed by atoms with Gasteiger partial charge in [0, 0.05) is 6.07 Å². The minimum atomic E-state index is -0.659. The molecule has 1 aromatic heterocycles. The maximum absolute atomic E-state index is 10.8. The predicted octanol–water partition coefficient (Wildman–Crippen LogP) is 3.60. The zero-order valence-electron chi connectivity index (χ0n) is 10.5. The van der Waals surface area contributed by atoms with Crippen molar-refractivity contribution in [2.45, 2.75) is 13.0 Å². The van der Waals surface area contributed by atoms with Gasteiger partial charge < -0.3 is 9.84 Å². The molecule has 6 nitrogen and oxygen atoms in total. The average molecular weight is 339 g/mol. The number of benzene rings is 1. The van der Waals surface area contributed by atoms with Crippen molar-refractivity contribution in [3.8, 4) is 11.5 Å². The lowest BCUT2D eigenvalue weighted by atomic mass is 10.2. The summed E-state index contributed by atoms with van der Waals surface area (Å²) in [5, 5.41) is 20.2. The standard InChI is InChI=1S/C13H11BrN2O4/c1-8(17)10-6-5-9(7-15-10)20-12-4-2-3-11(13(12)14)16(18)19/h2-8,17H,1H3/t8-/m0/s1. The Morgan fingerprint density at radius 2 is 2.15 bits per heavy atom. The number of nitro groups is 1. The van der Waals surface area contributed by atoms with Crippen molar-refractivity contribution in [2.75, 3.05) is 0 Å². The highest BCUT2D eigenvalue weighted by atomic mass is 79.9. The molecule has 2 rings (SSSR count). The summed E-state index contributed by atoms with van der Waals surface area (Å²) in [5.41, 5.74) is 0.450. The summed E-state index contributed by atoms with van der Waals surface area (Å²) in [5.74, 6) is 0.751. The van der Waals surface area contributed by atoms with Crippen molar-refractivity contribution in [1.29, 1.82) is 0 Å². The molecular formula is C13H11BrN2O4. The quantitative estimate of drug-likeness (QED) is 0.679. The monoisotopic (exact) mass is 338 g/mol. The molecule has 1 aromatic carbocycles. The first-order valence-electron chi connectivity index (χ1n) is 5.74. The predicted molar refractivity (Wildman–Crippen MR) is 75.7 cm³/mol. The second kappa shape index (κ2) is 5.98. The Kier molecular flexibility index (Phi) is 4.31. The summed E-state index contributed by atoms with van der Waals surface area (Å²) in [6.07, 6.45) is 0.793. The number of hydrogen-bond acceptors (Lipinski definition) is 5. The zero-order valence-corrected chi connectivity index (χ0v) is 12.1. The third-order valence-electron chi connectivity index (χ3n) is 2.55. The second-order valence-electron chi connectivity index (χ2n) is 4.04. The van der Waals surface area contributed by atoms with Crippen LogP contribution in [0.2, 0.25) is 0 Å². The molecule has 104 valence electrons. The smallest absolute Gasteiger partial charge is 0.287 e. The van der Waals surface area contributed by atoms with Gasteiger partial charge in [0.1, 0.15) is 16.0 Å². The fourth-order valence-electron chi connectivity index (χ4n) is 1.55. The van der Waals surface area contributed by atoms with Crippen molar-refractivity contribution >= 4 is 21.6 Å². The summed E-state index contributed by atoms with van der Waals surface area (Å²) >= 11 is 3.15. The number of nitrogens with zero attached hydrogens (tertiary/aromatic N) is 2. The number of aliphatic hydroxyl groups is 1. The molecule has 0 unspecified atom stereocenters. The Balaban J connectivity index is 2.26. The van der Waals surface area contributed by atoms with Crippen molar-refractivity contribution in [3.05, 3.63) is 56.8 Å². The van der Waals surface area contributed by atoms with E-state index < -0.39 is 11.0 Å². The lowest BCUT2D eigenvalue weighted by Gasteiger charge is -2.09. The maximum Gasteiger partial charge on any atom is 0.287 e. The van der Waals surface area contributed by atoms with Crippen LogP contribution < -0.4 is 4.74 Å². The lowest BCUT2D eigenvalue weighted by molar-refractivity contribution is -0.385. The molecule has 0 saturated carbocycles. The van der Waals surface area contributed by atoms with Crippen LogP contribution in [0.3, 0.4) is 0 Å². The van der Waals surface area contributed by atoms with E-state index in [1.54, 1.807) is 25.1 Å². The van der Waals surface area contributed by atoms with Gasteiger partial charge in [0.05, 0.1) is 22.9 Å². The molecule has 0 aliphatic rings. The number of halogens is 1. The fourth-order valence-corrected chi connectivity index (χ4v) is 2.04. The van der Waals surface area contributed by atoms with Crippen LogP contribution in [0.1, 0.15) is 18.7 Å². The van der Waals surface area contributed by atoms with E-state index in [0.29, 0.717) is 17.2 Å². The summed E-state index contributed by atoms with van der Waals surface area (Å²) in [6.45, 7) is 1.61. The molecule has 0 amide bonds. The molecule has 0 radical (unpaired) electrons. The normalized spacial score (nSPS) is 11.9. The van der Waals surface area contributed by atoms with Gasteiger partial charge in [-0.2, -0.15) is 0 Å². The van der Waals surface area contributed by atoms with Crippen LogP contribution in [0.25, 0.3) is 0 Å².